The summed E-state index contributed by atoms with van der Waals surface area (Å²) in [5.41, 5.74) is -0.0167. The van der Waals surface area contributed by atoms with Crippen LogP contribution in [0.3, 0.4) is 0 Å². The van der Waals surface area contributed by atoms with Crippen molar-refractivity contribution in [3.8, 4) is 11.5 Å². The molecule has 0 bridgehead atoms. The molecule has 1 spiro atoms. The van der Waals surface area contributed by atoms with Crippen LogP contribution in [-0.4, -0.2) is 22.8 Å². The Labute approximate surface area is 144 Å². The molecule has 3 atom stereocenters. The molecule has 0 amide bonds. The Morgan fingerprint density at radius 1 is 1.20 bits per heavy atom. The van der Waals surface area contributed by atoms with Gasteiger partial charge >= 0.3 is 5.63 Å². The fourth-order valence-corrected chi connectivity index (χ4v) is 3.96. The molecule has 0 radical (unpaired) electrons. The van der Waals surface area contributed by atoms with Crippen LogP contribution >= 0.6 is 0 Å². The summed E-state index contributed by atoms with van der Waals surface area (Å²) in [6.45, 7) is 5.46. The quantitative estimate of drug-likeness (QED) is 0.791. The maximum atomic E-state index is 12.1. The van der Waals surface area contributed by atoms with Crippen molar-refractivity contribution in [2.24, 2.45) is 5.92 Å². The van der Waals surface area contributed by atoms with Crippen LogP contribution in [0.4, 0.5) is 0 Å². The predicted octanol–water partition coefficient (Wildman–Crippen LogP) is 2.84. The van der Waals surface area contributed by atoms with Crippen molar-refractivity contribution in [2.45, 2.75) is 51.9 Å². The van der Waals surface area contributed by atoms with Crippen LogP contribution in [0.25, 0.3) is 10.8 Å². The number of benzene rings is 1. The molecule has 1 aromatic carbocycles. The second kappa shape index (κ2) is 5.33. The Kier molecular flexibility index (Phi) is 3.44. The third-order valence-corrected chi connectivity index (χ3v) is 5.12. The molecule has 6 heteroatoms. The van der Waals surface area contributed by atoms with Crippen LogP contribution in [0.2, 0.25) is 0 Å². The zero-order valence-corrected chi connectivity index (χ0v) is 14.4. The summed E-state index contributed by atoms with van der Waals surface area (Å²) >= 11 is 0. The monoisotopic (exact) mass is 344 g/mol. The molecular formula is C19H20O6. The third-order valence-electron chi connectivity index (χ3n) is 5.12. The normalized spacial score (nSPS) is 28.8. The van der Waals surface area contributed by atoms with Crippen LogP contribution in [0.1, 0.15) is 38.0 Å². The molecule has 1 N–H and O–H groups in total. The van der Waals surface area contributed by atoms with Crippen LogP contribution < -0.4 is 10.4 Å². The predicted molar refractivity (Wildman–Crippen MR) is 89.9 cm³/mol. The van der Waals surface area contributed by atoms with Gasteiger partial charge in [0.1, 0.15) is 28.4 Å². The molecule has 132 valence electrons. The average molecular weight is 344 g/mol. The lowest BCUT2D eigenvalue weighted by Crippen LogP contribution is -2.54. The Bertz CT molecular complexity index is 943. The summed E-state index contributed by atoms with van der Waals surface area (Å²) in [5, 5.41) is 11.3. The Hall–Kier alpha value is -2.34. The Morgan fingerprint density at radius 2 is 1.96 bits per heavy atom. The molecule has 3 heterocycles. The van der Waals surface area contributed by atoms with Crippen molar-refractivity contribution in [3.05, 3.63) is 33.9 Å². The number of aryl methyl sites for hydroxylation is 1. The van der Waals surface area contributed by atoms with Crippen molar-refractivity contribution in [2.75, 3.05) is 0 Å². The van der Waals surface area contributed by atoms with Gasteiger partial charge in [-0.15, -0.1) is 0 Å². The highest BCUT2D eigenvalue weighted by atomic mass is 16.7. The fraction of sp³-hybridized carbons (Fsp3) is 0.474. The maximum absolute atomic E-state index is 12.1. The lowest BCUT2D eigenvalue weighted by atomic mass is 9.83. The zero-order chi connectivity index (χ0) is 17.9. The van der Waals surface area contributed by atoms with E-state index in [1.165, 1.54) is 0 Å². The van der Waals surface area contributed by atoms with Gasteiger partial charge in [-0.05, 0) is 37.8 Å². The lowest BCUT2D eigenvalue weighted by molar-refractivity contribution is -0.255. The second-order valence-corrected chi connectivity index (χ2v) is 7.18. The minimum atomic E-state index is -1.02. The van der Waals surface area contributed by atoms with Gasteiger partial charge in [-0.2, -0.15) is 0 Å². The minimum Gasteiger partial charge on any atom is -0.507 e. The van der Waals surface area contributed by atoms with Gasteiger partial charge in [-0.3, -0.25) is 4.79 Å². The fourth-order valence-electron chi connectivity index (χ4n) is 3.96. The number of hydrogen-bond acceptors (Lipinski definition) is 6. The number of ether oxygens (including phenoxy) is 2. The van der Waals surface area contributed by atoms with Crippen molar-refractivity contribution in [1.29, 1.82) is 0 Å². The van der Waals surface area contributed by atoms with E-state index in [0.717, 1.165) is 0 Å². The number of Topliss-reactive ketones (excluding diaryl/α,β-unsaturated/α-hetero) is 1. The van der Waals surface area contributed by atoms with Gasteiger partial charge in [0.25, 0.3) is 0 Å². The first-order chi connectivity index (χ1) is 11.8. The van der Waals surface area contributed by atoms with Gasteiger partial charge < -0.3 is 19.0 Å². The molecule has 2 aromatic rings. The van der Waals surface area contributed by atoms with Crippen molar-refractivity contribution in [3.63, 3.8) is 0 Å². The van der Waals surface area contributed by atoms with E-state index < -0.39 is 11.4 Å². The van der Waals surface area contributed by atoms with Gasteiger partial charge in [-0.1, -0.05) is 6.92 Å². The number of aromatic hydroxyl groups is 1. The molecule has 25 heavy (non-hydrogen) atoms. The van der Waals surface area contributed by atoms with E-state index in [0.29, 0.717) is 35.3 Å². The number of phenolic OH excluding ortho intramolecular Hbond substituents is 1. The highest BCUT2D eigenvalue weighted by molar-refractivity contribution is 5.90. The third kappa shape index (κ3) is 2.43. The summed E-state index contributed by atoms with van der Waals surface area (Å²) in [7, 11) is 0. The number of fused-ring (bicyclic) bond motifs is 2. The molecule has 6 nitrogen and oxygen atoms in total. The zero-order valence-electron chi connectivity index (χ0n) is 14.4. The second-order valence-electron chi connectivity index (χ2n) is 7.18. The van der Waals surface area contributed by atoms with Gasteiger partial charge in [0.05, 0.1) is 12.5 Å². The lowest BCUT2D eigenvalue weighted by Gasteiger charge is -2.46. The van der Waals surface area contributed by atoms with E-state index in [-0.39, 0.29) is 35.4 Å². The Balaban J connectivity index is 1.88. The standard InChI is InChI=1S/C19H20O6/c1-9-4-14-15(25-19(9)8-13(20)6-11(3)24-19)7-12-5-10(2)23-18(22)16(12)17(14)21/h5,7,9,11,21H,4,6,8H2,1-3H3/t9-,11+,19-/m0/s1. The van der Waals surface area contributed by atoms with E-state index in [9.17, 15) is 14.7 Å². The number of carbonyl (C=O) groups excluding carboxylic acids is 1. The number of hydrogen-bond donors (Lipinski definition) is 1. The maximum Gasteiger partial charge on any atom is 0.347 e. The minimum absolute atomic E-state index is 0.107. The van der Waals surface area contributed by atoms with Gasteiger partial charge in [-0.25, -0.2) is 4.79 Å². The molecule has 2 aliphatic rings. The first-order valence-electron chi connectivity index (χ1n) is 8.47. The van der Waals surface area contributed by atoms with Crippen molar-refractivity contribution >= 4 is 16.6 Å². The molecule has 1 fully saturated rings. The van der Waals surface area contributed by atoms with Gasteiger partial charge in [0.15, 0.2) is 0 Å². The average Bonchev–Trinajstić information content (AvgIpc) is 2.47. The van der Waals surface area contributed by atoms with E-state index >= 15 is 0 Å². The molecule has 0 saturated carbocycles. The van der Waals surface area contributed by atoms with E-state index in [1.54, 1.807) is 19.1 Å². The SMILES string of the molecule is Cc1cc2cc3c(c(O)c2c(=O)o1)C[C@H](C)[C@]1(CC(=O)C[C@@H](C)O1)O3. The smallest absolute Gasteiger partial charge is 0.347 e. The van der Waals surface area contributed by atoms with Crippen LogP contribution in [0.5, 0.6) is 11.5 Å². The summed E-state index contributed by atoms with van der Waals surface area (Å²) in [4.78, 5) is 24.2. The first-order valence-corrected chi connectivity index (χ1v) is 8.47. The molecule has 1 saturated heterocycles. The molecule has 0 unspecified atom stereocenters. The number of ketones is 1. The van der Waals surface area contributed by atoms with Crippen LogP contribution in [-0.2, 0) is 16.0 Å². The van der Waals surface area contributed by atoms with Gasteiger partial charge in [0, 0.05) is 17.9 Å². The molecule has 0 aliphatic carbocycles. The van der Waals surface area contributed by atoms with Gasteiger partial charge in [0.2, 0.25) is 5.79 Å². The number of carbonyl (C=O) groups is 1. The van der Waals surface area contributed by atoms with E-state index in [1.807, 2.05) is 13.8 Å². The largest absolute Gasteiger partial charge is 0.507 e. The number of phenols is 1. The summed E-state index contributed by atoms with van der Waals surface area (Å²) in [6, 6.07) is 3.40. The van der Waals surface area contributed by atoms with E-state index in [4.69, 9.17) is 13.9 Å². The topological polar surface area (TPSA) is 86.0 Å². The highest BCUT2D eigenvalue weighted by Gasteiger charge is 2.49. The molecule has 4 rings (SSSR count). The molecule has 1 aromatic heterocycles. The van der Waals surface area contributed by atoms with Crippen molar-refractivity contribution in [1.82, 2.24) is 0 Å². The summed E-state index contributed by atoms with van der Waals surface area (Å²) in [6.07, 6.45) is 0.805. The summed E-state index contributed by atoms with van der Waals surface area (Å²) in [5.74, 6) is -0.263. The highest BCUT2D eigenvalue weighted by Crippen LogP contribution is 2.47. The van der Waals surface area contributed by atoms with Crippen LogP contribution in [0.15, 0.2) is 21.3 Å². The van der Waals surface area contributed by atoms with Crippen molar-refractivity contribution < 1.29 is 23.8 Å². The summed E-state index contributed by atoms with van der Waals surface area (Å²) < 4.78 is 17.3. The molecule has 2 aliphatic heterocycles. The number of rotatable bonds is 0. The van der Waals surface area contributed by atoms with Crippen LogP contribution in [0, 0.1) is 12.8 Å². The van der Waals surface area contributed by atoms with E-state index in [2.05, 4.69) is 0 Å². The Morgan fingerprint density at radius 3 is 2.68 bits per heavy atom. The molecular weight excluding hydrogens is 324 g/mol. The first kappa shape index (κ1) is 16.1.